The molecule has 3 rings (SSSR count). The van der Waals surface area contributed by atoms with Crippen LogP contribution in [0.4, 0.5) is 0 Å². The fraction of sp³-hybridized carbons (Fsp3) is 0.235. The molecule has 0 unspecified atom stereocenters. The summed E-state index contributed by atoms with van der Waals surface area (Å²) in [6, 6.07) is 18.1. The average Bonchev–Trinajstić information content (AvgIpc) is 3.33. The molecule has 3 atom stereocenters. The second kappa shape index (κ2) is 6.70. The Labute approximate surface area is 149 Å². The lowest BCUT2D eigenvalue weighted by atomic mass is 10.1. The van der Waals surface area contributed by atoms with Gasteiger partial charge in [-0.05, 0) is 17.7 Å². The van der Waals surface area contributed by atoms with Gasteiger partial charge >= 0.3 is 5.97 Å². The van der Waals surface area contributed by atoms with Gasteiger partial charge in [-0.2, -0.15) is 0 Å². The number of hydrogen-bond donors (Lipinski definition) is 0. The van der Waals surface area contributed by atoms with Gasteiger partial charge < -0.3 is 9.47 Å². The van der Waals surface area contributed by atoms with Crippen molar-refractivity contribution in [2.24, 2.45) is 0 Å². The lowest BCUT2D eigenvalue weighted by Gasteiger charge is -2.23. The van der Waals surface area contributed by atoms with Gasteiger partial charge in [-0.1, -0.05) is 83.3 Å². The van der Waals surface area contributed by atoms with Gasteiger partial charge in [0.05, 0.1) is 5.56 Å². The fourth-order valence-electron chi connectivity index (χ4n) is 2.34. The van der Waals surface area contributed by atoms with Crippen LogP contribution in [0.25, 0.3) is 0 Å². The van der Waals surface area contributed by atoms with E-state index in [4.69, 9.17) is 44.3 Å². The summed E-state index contributed by atoms with van der Waals surface area (Å²) in [5, 5.41) is 0. The lowest BCUT2D eigenvalue weighted by Crippen LogP contribution is -2.36. The summed E-state index contributed by atoms with van der Waals surface area (Å²) >= 11 is 18.0. The largest absolute Gasteiger partial charge is 0.451 e. The van der Waals surface area contributed by atoms with Gasteiger partial charge in [-0.15, -0.1) is 0 Å². The number of hydrogen-bond acceptors (Lipinski definition) is 3. The zero-order valence-corrected chi connectivity index (χ0v) is 14.1. The van der Waals surface area contributed by atoms with Crippen LogP contribution in [0.3, 0.4) is 0 Å². The predicted molar refractivity (Wildman–Crippen MR) is 90.0 cm³/mol. The summed E-state index contributed by atoms with van der Waals surface area (Å²) in [5.41, 5.74) is 1.34. The van der Waals surface area contributed by atoms with E-state index in [2.05, 4.69) is 0 Å². The third-order valence-corrected chi connectivity index (χ3v) is 4.16. The molecular formula is C17H13Cl3O3. The molecule has 0 saturated carbocycles. The number of rotatable bonds is 4. The maximum Gasteiger partial charge on any atom is 0.338 e. The second-order valence-electron chi connectivity index (χ2n) is 5.17. The van der Waals surface area contributed by atoms with E-state index in [1.807, 2.05) is 30.3 Å². The van der Waals surface area contributed by atoms with Crippen molar-refractivity contribution in [3.8, 4) is 0 Å². The topological polar surface area (TPSA) is 38.8 Å². The molecule has 0 radical (unpaired) electrons. The molecule has 23 heavy (non-hydrogen) atoms. The smallest absolute Gasteiger partial charge is 0.338 e. The van der Waals surface area contributed by atoms with Crippen LogP contribution in [0.1, 0.15) is 22.0 Å². The average molecular weight is 372 g/mol. The molecule has 0 aromatic heterocycles. The van der Waals surface area contributed by atoms with Crippen LogP contribution in [-0.2, 0) is 9.47 Å². The number of epoxide rings is 1. The number of benzene rings is 2. The van der Waals surface area contributed by atoms with Crippen LogP contribution in [0.2, 0.25) is 0 Å². The van der Waals surface area contributed by atoms with Crippen LogP contribution in [0.5, 0.6) is 0 Å². The van der Waals surface area contributed by atoms with Crippen LogP contribution >= 0.6 is 34.8 Å². The molecule has 3 nitrogen and oxygen atoms in total. The maximum atomic E-state index is 12.2. The quantitative estimate of drug-likeness (QED) is 0.443. The standard InChI is InChI=1S/C17H13Cl3O3/c18-17(19,20)15(23-16(21)12-9-5-2-6-10-12)14-13(22-14)11-7-3-1-4-8-11/h1-10,13-15H/t13-,14-,15-/m1/s1. The Hall–Kier alpha value is -1.26. The molecule has 0 amide bonds. The number of esters is 1. The van der Waals surface area contributed by atoms with E-state index in [9.17, 15) is 4.79 Å². The highest BCUT2D eigenvalue weighted by atomic mass is 35.6. The molecule has 0 spiro atoms. The number of carbonyl (C=O) groups excluding carboxylic acids is 1. The minimum atomic E-state index is -1.78. The monoisotopic (exact) mass is 370 g/mol. The molecule has 2 aromatic rings. The van der Waals surface area contributed by atoms with E-state index >= 15 is 0 Å². The van der Waals surface area contributed by atoms with E-state index in [0.29, 0.717) is 5.56 Å². The first-order valence-corrected chi connectivity index (χ1v) is 8.13. The van der Waals surface area contributed by atoms with Crippen molar-refractivity contribution in [3.05, 3.63) is 71.8 Å². The molecule has 0 bridgehead atoms. The van der Waals surface area contributed by atoms with Gasteiger partial charge in [0.15, 0.2) is 6.10 Å². The Morgan fingerprint density at radius 2 is 1.57 bits per heavy atom. The zero-order valence-electron chi connectivity index (χ0n) is 11.9. The van der Waals surface area contributed by atoms with Crippen LogP contribution in [0, 0.1) is 0 Å². The second-order valence-corrected chi connectivity index (χ2v) is 7.53. The Morgan fingerprint density at radius 3 is 2.13 bits per heavy atom. The van der Waals surface area contributed by atoms with Gasteiger partial charge in [0.25, 0.3) is 0 Å². The number of carbonyl (C=O) groups is 1. The highest BCUT2D eigenvalue weighted by Gasteiger charge is 2.55. The molecule has 120 valence electrons. The summed E-state index contributed by atoms with van der Waals surface area (Å²) in [5.74, 6) is -0.552. The molecule has 1 aliphatic rings. The molecule has 1 aliphatic heterocycles. The van der Waals surface area contributed by atoms with Crippen molar-refractivity contribution < 1.29 is 14.3 Å². The number of ether oxygens (including phenoxy) is 2. The van der Waals surface area contributed by atoms with Crippen molar-refractivity contribution in [2.75, 3.05) is 0 Å². The van der Waals surface area contributed by atoms with Gasteiger partial charge in [0, 0.05) is 0 Å². The van der Waals surface area contributed by atoms with Crippen molar-refractivity contribution in [3.63, 3.8) is 0 Å². The highest BCUT2D eigenvalue weighted by Crippen LogP contribution is 2.48. The Balaban J connectivity index is 1.74. The third-order valence-electron chi connectivity index (χ3n) is 3.52. The van der Waals surface area contributed by atoms with Crippen LogP contribution in [0.15, 0.2) is 60.7 Å². The normalized spacial score (nSPS) is 21.5. The first-order valence-electron chi connectivity index (χ1n) is 7.00. The molecule has 0 N–H and O–H groups in total. The van der Waals surface area contributed by atoms with Gasteiger partial charge in [-0.3, -0.25) is 0 Å². The SMILES string of the molecule is O=C(O[C@H]([C@@H]1O[C@@H]1c1ccccc1)C(Cl)(Cl)Cl)c1ccccc1. The first-order chi connectivity index (χ1) is 11.0. The van der Waals surface area contributed by atoms with Crippen molar-refractivity contribution in [2.45, 2.75) is 22.1 Å². The fourth-order valence-corrected chi connectivity index (χ4v) is 2.85. The maximum absolute atomic E-state index is 12.2. The minimum Gasteiger partial charge on any atom is -0.451 e. The Morgan fingerprint density at radius 1 is 1.00 bits per heavy atom. The molecule has 2 aromatic carbocycles. The minimum absolute atomic E-state index is 0.250. The van der Waals surface area contributed by atoms with E-state index in [1.54, 1.807) is 30.3 Å². The zero-order chi connectivity index (χ0) is 16.4. The summed E-state index contributed by atoms with van der Waals surface area (Å²) in [6.45, 7) is 0. The van der Waals surface area contributed by atoms with Gasteiger partial charge in [0.1, 0.15) is 12.2 Å². The summed E-state index contributed by atoms with van der Waals surface area (Å²) in [7, 11) is 0. The van der Waals surface area contributed by atoms with Crippen LogP contribution < -0.4 is 0 Å². The molecule has 6 heteroatoms. The highest BCUT2D eigenvalue weighted by molar-refractivity contribution is 6.68. The molecule has 1 heterocycles. The van der Waals surface area contributed by atoms with Crippen LogP contribution in [-0.4, -0.2) is 22.0 Å². The summed E-state index contributed by atoms with van der Waals surface area (Å²) < 4.78 is 9.24. The first kappa shape index (κ1) is 16.6. The van der Waals surface area contributed by atoms with E-state index < -0.39 is 22.0 Å². The summed E-state index contributed by atoms with van der Waals surface area (Å²) in [6.07, 6.45) is -1.73. The van der Waals surface area contributed by atoms with Crippen molar-refractivity contribution in [1.82, 2.24) is 0 Å². The van der Waals surface area contributed by atoms with Crippen molar-refractivity contribution >= 4 is 40.8 Å². The Kier molecular flexibility index (Phi) is 4.83. The van der Waals surface area contributed by atoms with Crippen molar-refractivity contribution in [1.29, 1.82) is 0 Å². The predicted octanol–water partition coefficient (Wildman–Crippen LogP) is 4.72. The molecule has 0 aliphatic carbocycles. The number of halogens is 3. The molecular weight excluding hydrogens is 359 g/mol. The third kappa shape index (κ3) is 3.99. The van der Waals surface area contributed by atoms with Gasteiger partial charge in [0.2, 0.25) is 3.79 Å². The van der Waals surface area contributed by atoms with E-state index in [-0.39, 0.29) is 6.10 Å². The Bertz CT molecular complexity index is 670. The lowest BCUT2D eigenvalue weighted by molar-refractivity contribution is 0.0239. The number of alkyl halides is 3. The van der Waals surface area contributed by atoms with Gasteiger partial charge in [-0.25, -0.2) is 4.79 Å². The molecule has 1 fully saturated rings. The van der Waals surface area contributed by atoms with E-state index in [0.717, 1.165) is 5.56 Å². The van der Waals surface area contributed by atoms with E-state index in [1.165, 1.54) is 0 Å². The molecule has 1 saturated heterocycles. The summed E-state index contributed by atoms with van der Waals surface area (Å²) in [4.78, 5) is 12.2.